The fourth-order valence-corrected chi connectivity index (χ4v) is 2.15. The number of aliphatic carboxylic acids is 1. The lowest BCUT2D eigenvalue weighted by Gasteiger charge is -2.22. The summed E-state index contributed by atoms with van der Waals surface area (Å²) in [5.74, 6) is -2.57. The molecule has 0 fully saturated rings. The highest BCUT2D eigenvalue weighted by molar-refractivity contribution is 7.98. The van der Waals surface area contributed by atoms with Gasteiger partial charge in [0.1, 0.15) is 24.7 Å². The lowest BCUT2D eigenvalue weighted by Crippen LogP contribution is -2.56. The van der Waals surface area contributed by atoms with E-state index >= 15 is 0 Å². The molecule has 0 aromatic rings. The van der Waals surface area contributed by atoms with Crippen molar-refractivity contribution in [1.29, 1.82) is 0 Å². The molecule has 11 heteroatoms. The maximum Gasteiger partial charge on any atom is 0.322 e. The van der Waals surface area contributed by atoms with Crippen LogP contribution in [-0.4, -0.2) is 76.7 Å². The first-order chi connectivity index (χ1) is 11.6. The van der Waals surface area contributed by atoms with Crippen molar-refractivity contribution in [1.82, 2.24) is 16.0 Å². The second kappa shape index (κ2) is 11.7. The third-order valence-corrected chi connectivity index (χ3v) is 3.88. The number of nitrogens with one attached hydrogen (secondary N) is 3. The second-order valence-electron chi connectivity index (χ2n) is 5.45. The van der Waals surface area contributed by atoms with Crippen molar-refractivity contribution >= 4 is 35.5 Å². The van der Waals surface area contributed by atoms with E-state index in [1.807, 2.05) is 6.26 Å². The van der Waals surface area contributed by atoms with Crippen LogP contribution in [-0.2, 0) is 19.2 Å². The monoisotopic (exact) mass is 378 g/mol. The molecule has 0 radical (unpaired) electrons. The minimum atomic E-state index is -1.20. The molecule has 0 rings (SSSR count). The number of aliphatic hydroxyl groups is 1. The zero-order valence-corrected chi connectivity index (χ0v) is 15.3. The summed E-state index contributed by atoms with van der Waals surface area (Å²) in [7, 11) is 0. The molecular formula is C14H26N4O6S. The normalized spacial score (nSPS) is 15.4. The topological polar surface area (TPSA) is 171 Å². The molecule has 0 saturated carbocycles. The van der Waals surface area contributed by atoms with Crippen molar-refractivity contribution in [3.8, 4) is 0 Å². The molecule has 4 atom stereocenters. The Morgan fingerprint density at radius 3 is 2.16 bits per heavy atom. The molecule has 0 heterocycles. The molecule has 0 aromatic heterocycles. The van der Waals surface area contributed by atoms with Gasteiger partial charge in [-0.25, -0.2) is 0 Å². The molecule has 0 aromatic carbocycles. The number of nitrogens with two attached hydrogens (primary N) is 1. The van der Waals surface area contributed by atoms with Gasteiger partial charge in [0.05, 0.1) is 6.10 Å². The summed E-state index contributed by atoms with van der Waals surface area (Å²) < 4.78 is 0. The van der Waals surface area contributed by atoms with E-state index in [0.717, 1.165) is 0 Å². The number of carbonyl (C=O) groups is 4. The molecule has 0 aliphatic heterocycles. The third kappa shape index (κ3) is 9.27. The summed E-state index contributed by atoms with van der Waals surface area (Å²) in [5.41, 5.74) is 5.48. The molecule has 0 saturated heterocycles. The van der Waals surface area contributed by atoms with Crippen molar-refractivity contribution < 1.29 is 29.4 Å². The molecular weight excluding hydrogens is 352 g/mol. The first-order valence-corrected chi connectivity index (χ1v) is 9.02. The van der Waals surface area contributed by atoms with Gasteiger partial charge in [-0.15, -0.1) is 0 Å². The van der Waals surface area contributed by atoms with Crippen LogP contribution in [0.5, 0.6) is 0 Å². The number of carboxylic acid groups (broad SMARTS) is 1. The van der Waals surface area contributed by atoms with Crippen LogP contribution >= 0.6 is 11.8 Å². The predicted octanol–water partition coefficient (Wildman–Crippen LogP) is -2.36. The molecule has 4 unspecified atom stereocenters. The Morgan fingerprint density at radius 1 is 1.08 bits per heavy atom. The van der Waals surface area contributed by atoms with Crippen LogP contribution in [0.15, 0.2) is 0 Å². The van der Waals surface area contributed by atoms with Crippen molar-refractivity contribution in [2.24, 2.45) is 5.73 Å². The van der Waals surface area contributed by atoms with Crippen LogP contribution < -0.4 is 21.7 Å². The number of amides is 3. The van der Waals surface area contributed by atoms with Gasteiger partial charge >= 0.3 is 5.97 Å². The maximum atomic E-state index is 12.2. The highest BCUT2D eigenvalue weighted by Crippen LogP contribution is 2.02. The van der Waals surface area contributed by atoms with Crippen molar-refractivity contribution in [3.63, 3.8) is 0 Å². The zero-order chi connectivity index (χ0) is 19.6. The van der Waals surface area contributed by atoms with Gasteiger partial charge in [0.25, 0.3) is 0 Å². The van der Waals surface area contributed by atoms with E-state index in [-0.39, 0.29) is 0 Å². The smallest absolute Gasteiger partial charge is 0.322 e. The average molecular weight is 378 g/mol. The highest BCUT2D eigenvalue weighted by Gasteiger charge is 2.26. The Morgan fingerprint density at radius 2 is 1.68 bits per heavy atom. The standard InChI is InChI=1S/C14H26N4O6S/c1-7(17-14(24)11(15)8(2)19)12(22)18-9(4-5-25-3)13(23)16-6-10(20)21/h7-9,11,19H,4-6,15H2,1-3H3,(H,16,23)(H,17,24)(H,18,22)(H,20,21). The van der Waals surface area contributed by atoms with E-state index in [1.54, 1.807) is 0 Å². The Hall–Kier alpha value is -1.85. The van der Waals surface area contributed by atoms with Crippen molar-refractivity contribution in [3.05, 3.63) is 0 Å². The summed E-state index contributed by atoms with van der Waals surface area (Å²) in [4.78, 5) is 46.4. The fourth-order valence-electron chi connectivity index (χ4n) is 1.68. The molecule has 3 amide bonds. The van der Waals surface area contributed by atoms with Crippen LogP contribution in [0.4, 0.5) is 0 Å². The number of carboxylic acids is 1. The number of thioether (sulfide) groups is 1. The summed E-state index contributed by atoms with van der Waals surface area (Å²) >= 11 is 1.46. The van der Waals surface area contributed by atoms with Crippen LogP contribution in [0, 0.1) is 0 Å². The molecule has 0 aliphatic carbocycles. The molecule has 0 spiro atoms. The number of aliphatic hydroxyl groups excluding tert-OH is 1. The number of hydrogen-bond donors (Lipinski definition) is 6. The molecule has 25 heavy (non-hydrogen) atoms. The Kier molecular flexibility index (Phi) is 10.8. The number of carbonyl (C=O) groups excluding carboxylic acids is 3. The zero-order valence-electron chi connectivity index (χ0n) is 14.4. The van der Waals surface area contributed by atoms with E-state index in [9.17, 15) is 24.3 Å². The molecule has 0 aliphatic rings. The maximum absolute atomic E-state index is 12.2. The lowest BCUT2D eigenvalue weighted by molar-refractivity contribution is -0.138. The van der Waals surface area contributed by atoms with Gasteiger partial charge < -0.3 is 31.9 Å². The first-order valence-electron chi connectivity index (χ1n) is 7.63. The minimum absolute atomic E-state index is 0.298. The van der Waals surface area contributed by atoms with E-state index in [1.165, 1.54) is 25.6 Å². The predicted molar refractivity (Wildman–Crippen MR) is 92.8 cm³/mol. The van der Waals surface area contributed by atoms with E-state index < -0.39 is 54.5 Å². The summed E-state index contributed by atoms with van der Waals surface area (Å²) in [6, 6.07) is -3.09. The fraction of sp³-hybridized carbons (Fsp3) is 0.714. The molecule has 144 valence electrons. The van der Waals surface area contributed by atoms with Gasteiger partial charge in [-0.3, -0.25) is 19.2 Å². The van der Waals surface area contributed by atoms with Crippen LogP contribution in [0.25, 0.3) is 0 Å². The Labute approximate surface area is 150 Å². The van der Waals surface area contributed by atoms with Crippen LogP contribution in [0.1, 0.15) is 20.3 Å². The van der Waals surface area contributed by atoms with Crippen LogP contribution in [0.3, 0.4) is 0 Å². The summed E-state index contributed by atoms with van der Waals surface area (Å²) in [5, 5.41) is 24.9. The van der Waals surface area contributed by atoms with E-state index in [2.05, 4.69) is 16.0 Å². The van der Waals surface area contributed by atoms with Crippen molar-refractivity contribution in [2.45, 2.75) is 44.5 Å². The van der Waals surface area contributed by atoms with Gasteiger partial charge in [0.15, 0.2) is 0 Å². The second-order valence-corrected chi connectivity index (χ2v) is 6.44. The molecule has 0 bridgehead atoms. The lowest BCUT2D eigenvalue weighted by atomic mass is 10.1. The van der Waals surface area contributed by atoms with E-state index in [4.69, 9.17) is 10.8 Å². The average Bonchev–Trinajstić information content (AvgIpc) is 2.54. The largest absolute Gasteiger partial charge is 0.480 e. The third-order valence-electron chi connectivity index (χ3n) is 3.23. The highest BCUT2D eigenvalue weighted by atomic mass is 32.2. The molecule has 7 N–H and O–H groups in total. The van der Waals surface area contributed by atoms with Gasteiger partial charge in [-0.1, -0.05) is 0 Å². The Balaban J connectivity index is 4.74. The van der Waals surface area contributed by atoms with Gasteiger partial charge in [0, 0.05) is 0 Å². The van der Waals surface area contributed by atoms with Gasteiger partial charge in [0.2, 0.25) is 17.7 Å². The summed E-state index contributed by atoms with van der Waals surface area (Å²) in [6.07, 6.45) is 1.05. The number of rotatable bonds is 11. The summed E-state index contributed by atoms with van der Waals surface area (Å²) in [6.45, 7) is 2.20. The van der Waals surface area contributed by atoms with Gasteiger partial charge in [-0.05, 0) is 32.3 Å². The van der Waals surface area contributed by atoms with Gasteiger partial charge in [-0.2, -0.15) is 11.8 Å². The first kappa shape index (κ1) is 23.1. The van der Waals surface area contributed by atoms with Crippen LogP contribution in [0.2, 0.25) is 0 Å². The quantitative estimate of drug-likeness (QED) is 0.232. The minimum Gasteiger partial charge on any atom is -0.480 e. The number of hydrogen-bond acceptors (Lipinski definition) is 7. The SMILES string of the molecule is CSCCC(NC(=O)C(C)NC(=O)C(N)C(C)O)C(=O)NCC(=O)O. The van der Waals surface area contributed by atoms with Crippen molar-refractivity contribution in [2.75, 3.05) is 18.6 Å². The molecule has 10 nitrogen and oxygen atoms in total. The Bertz CT molecular complexity index is 488. The van der Waals surface area contributed by atoms with E-state index in [0.29, 0.717) is 12.2 Å².